The minimum absolute atomic E-state index is 0.303. The predicted octanol–water partition coefficient (Wildman–Crippen LogP) is 2.06. The smallest absolute Gasteiger partial charge is 0.316 e. The summed E-state index contributed by atoms with van der Waals surface area (Å²) >= 11 is 12.1. The summed E-state index contributed by atoms with van der Waals surface area (Å²) in [5, 5.41) is 10.8. The maximum absolute atomic E-state index is 10.7. The van der Waals surface area contributed by atoms with Crippen LogP contribution < -0.4 is 11.1 Å². The molecule has 6 nitrogen and oxygen atoms in total. The molecule has 1 aromatic heterocycles. The van der Waals surface area contributed by atoms with Gasteiger partial charge in [0.25, 0.3) is 0 Å². The molecule has 0 saturated carbocycles. The molecule has 1 aromatic carbocycles. The van der Waals surface area contributed by atoms with E-state index in [0.29, 0.717) is 21.4 Å². The number of hydrogen-bond donors (Lipinski definition) is 2. The highest BCUT2D eigenvalue weighted by molar-refractivity contribution is 6.38. The lowest BCUT2D eigenvalue weighted by Crippen LogP contribution is -2.19. The molecule has 2 aromatic rings. The number of halogens is 2. The summed E-state index contributed by atoms with van der Waals surface area (Å²) < 4.78 is 0. The molecule has 0 aliphatic rings. The lowest BCUT2D eigenvalue weighted by atomic mass is 10.3. The number of amides is 2. The SMILES string of the molecule is NC(=O)Nc1cc(Cl)c(-n2nccn2)c(Cl)c1. The molecule has 0 aliphatic carbocycles. The van der Waals surface area contributed by atoms with Crippen molar-refractivity contribution in [3.05, 3.63) is 34.6 Å². The number of primary amides is 1. The van der Waals surface area contributed by atoms with Crippen molar-refractivity contribution in [2.75, 3.05) is 5.32 Å². The third-order valence-corrected chi connectivity index (χ3v) is 2.48. The largest absolute Gasteiger partial charge is 0.351 e. The Kier molecular flexibility index (Phi) is 3.16. The number of aromatic nitrogens is 3. The number of rotatable bonds is 2. The Labute approximate surface area is 106 Å². The summed E-state index contributed by atoms with van der Waals surface area (Å²) in [4.78, 5) is 12.0. The van der Waals surface area contributed by atoms with Gasteiger partial charge in [0.2, 0.25) is 0 Å². The zero-order valence-electron chi connectivity index (χ0n) is 8.39. The van der Waals surface area contributed by atoms with Gasteiger partial charge in [-0.05, 0) is 12.1 Å². The van der Waals surface area contributed by atoms with Crippen LogP contribution >= 0.6 is 23.2 Å². The van der Waals surface area contributed by atoms with E-state index in [4.69, 9.17) is 28.9 Å². The van der Waals surface area contributed by atoms with Gasteiger partial charge in [-0.2, -0.15) is 10.2 Å². The van der Waals surface area contributed by atoms with Crippen LogP contribution in [0, 0.1) is 0 Å². The molecule has 8 heteroatoms. The van der Waals surface area contributed by atoms with Crippen molar-refractivity contribution in [3.8, 4) is 5.69 Å². The van der Waals surface area contributed by atoms with Crippen LogP contribution in [0.1, 0.15) is 0 Å². The van der Waals surface area contributed by atoms with Gasteiger partial charge < -0.3 is 11.1 Å². The first-order chi connectivity index (χ1) is 8.08. The number of carbonyl (C=O) groups excluding carboxylic acids is 1. The minimum atomic E-state index is -0.693. The number of hydrogen-bond acceptors (Lipinski definition) is 3. The van der Waals surface area contributed by atoms with Crippen molar-refractivity contribution in [2.45, 2.75) is 0 Å². The monoisotopic (exact) mass is 271 g/mol. The second kappa shape index (κ2) is 4.60. The maximum Gasteiger partial charge on any atom is 0.316 e. The average molecular weight is 272 g/mol. The highest BCUT2D eigenvalue weighted by atomic mass is 35.5. The Hall–Kier alpha value is -1.79. The van der Waals surface area contributed by atoms with Gasteiger partial charge in [-0.1, -0.05) is 23.2 Å². The van der Waals surface area contributed by atoms with E-state index in [9.17, 15) is 4.79 Å². The first-order valence-electron chi connectivity index (χ1n) is 4.50. The van der Waals surface area contributed by atoms with Gasteiger partial charge in [-0.25, -0.2) is 4.79 Å². The first-order valence-corrected chi connectivity index (χ1v) is 5.25. The zero-order chi connectivity index (χ0) is 12.4. The number of nitrogens with zero attached hydrogens (tertiary/aromatic N) is 3. The van der Waals surface area contributed by atoms with Crippen molar-refractivity contribution in [2.24, 2.45) is 5.73 Å². The van der Waals surface area contributed by atoms with E-state index in [-0.39, 0.29) is 0 Å². The van der Waals surface area contributed by atoms with Crippen LogP contribution in [0.25, 0.3) is 5.69 Å². The van der Waals surface area contributed by atoms with E-state index in [1.165, 1.54) is 29.3 Å². The quantitative estimate of drug-likeness (QED) is 0.877. The Bertz CT molecular complexity index is 532. The molecule has 0 fully saturated rings. The lowest BCUT2D eigenvalue weighted by Gasteiger charge is -2.08. The number of urea groups is 1. The number of nitrogens with two attached hydrogens (primary N) is 1. The number of nitrogens with one attached hydrogen (secondary N) is 1. The fraction of sp³-hybridized carbons (Fsp3) is 0. The summed E-state index contributed by atoms with van der Waals surface area (Å²) in [7, 11) is 0. The fourth-order valence-electron chi connectivity index (χ4n) is 1.30. The summed E-state index contributed by atoms with van der Waals surface area (Å²) in [5.74, 6) is 0. The van der Waals surface area contributed by atoms with E-state index in [1.54, 1.807) is 0 Å². The standard InChI is InChI=1S/C9H7Cl2N5O/c10-6-3-5(15-9(12)17)4-7(11)8(6)16-13-1-2-14-16/h1-4H,(H3,12,15,17). The van der Waals surface area contributed by atoms with Crippen molar-refractivity contribution in [1.29, 1.82) is 0 Å². The Balaban J connectivity index is 2.46. The molecule has 0 spiro atoms. The molecule has 88 valence electrons. The number of anilines is 1. The molecule has 0 saturated heterocycles. The molecule has 0 atom stereocenters. The number of benzene rings is 1. The number of carbonyl (C=O) groups is 1. The van der Waals surface area contributed by atoms with E-state index >= 15 is 0 Å². The molecule has 3 N–H and O–H groups in total. The highest BCUT2D eigenvalue weighted by Crippen LogP contribution is 2.31. The van der Waals surface area contributed by atoms with Crippen LogP contribution in [0.3, 0.4) is 0 Å². The van der Waals surface area contributed by atoms with Crippen molar-refractivity contribution >= 4 is 34.9 Å². The van der Waals surface area contributed by atoms with Crippen molar-refractivity contribution in [3.63, 3.8) is 0 Å². The molecular formula is C9H7Cl2N5O. The molecule has 2 rings (SSSR count). The van der Waals surface area contributed by atoms with Gasteiger partial charge in [-0.15, -0.1) is 4.80 Å². The Morgan fingerprint density at radius 1 is 1.24 bits per heavy atom. The van der Waals surface area contributed by atoms with E-state index in [2.05, 4.69) is 15.5 Å². The molecule has 0 radical (unpaired) electrons. The van der Waals surface area contributed by atoms with Crippen molar-refractivity contribution < 1.29 is 4.79 Å². The second-order valence-corrected chi connectivity index (χ2v) is 3.91. The summed E-state index contributed by atoms with van der Waals surface area (Å²) in [6.45, 7) is 0. The average Bonchev–Trinajstić information content (AvgIpc) is 2.68. The third kappa shape index (κ3) is 2.48. The van der Waals surface area contributed by atoms with Gasteiger partial charge in [0.15, 0.2) is 0 Å². The Morgan fingerprint density at radius 2 is 1.76 bits per heavy atom. The molecule has 0 unspecified atom stereocenters. The van der Waals surface area contributed by atoms with Crippen LogP contribution in [-0.2, 0) is 0 Å². The van der Waals surface area contributed by atoms with Crippen LogP contribution in [0.4, 0.5) is 10.5 Å². The van der Waals surface area contributed by atoms with Crippen LogP contribution in [0.5, 0.6) is 0 Å². The van der Waals surface area contributed by atoms with Gasteiger partial charge in [0.05, 0.1) is 22.4 Å². The minimum Gasteiger partial charge on any atom is -0.351 e. The second-order valence-electron chi connectivity index (χ2n) is 3.10. The molecule has 0 bridgehead atoms. The van der Waals surface area contributed by atoms with Crippen LogP contribution in [0.15, 0.2) is 24.5 Å². The van der Waals surface area contributed by atoms with Gasteiger partial charge >= 0.3 is 6.03 Å². The van der Waals surface area contributed by atoms with Gasteiger partial charge in [0.1, 0.15) is 5.69 Å². The Morgan fingerprint density at radius 3 is 2.24 bits per heavy atom. The van der Waals surface area contributed by atoms with E-state index < -0.39 is 6.03 Å². The summed E-state index contributed by atoms with van der Waals surface area (Å²) in [6, 6.07) is 2.33. The van der Waals surface area contributed by atoms with E-state index in [1.807, 2.05) is 0 Å². The molecule has 2 amide bonds. The van der Waals surface area contributed by atoms with Gasteiger partial charge in [0, 0.05) is 5.69 Å². The summed E-state index contributed by atoms with van der Waals surface area (Å²) in [6.07, 6.45) is 3.00. The molecule has 0 aliphatic heterocycles. The predicted molar refractivity (Wildman–Crippen MR) is 64.6 cm³/mol. The van der Waals surface area contributed by atoms with Gasteiger partial charge in [-0.3, -0.25) is 0 Å². The third-order valence-electron chi connectivity index (χ3n) is 1.90. The summed E-state index contributed by atoms with van der Waals surface area (Å²) in [5.41, 5.74) is 5.84. The van der Waals surface area contributed by atoms with Crippen LogP contribution in [-0.4, -0.2) is 21.0 Å². The van der Waals surface area contributed by atoms with Crippen LogP contribution in [0.2, 0.25) is 10.0 Å². The lowest BCUT2D eigenvalue weighted by molar-refractivity contribution is 0.259. The fourth-order valence-corrected chi connectivity index (χ4v) is 1.94. The normalized spacial score (nSPS) is 10.2. The molecule has 17 heavy (non-hydrogen) atoms. The zero-order valence-corrected chi connectivity index (χ0v) is 9.90. The molecular weight excluding hydrogens is 265 g/mol. The molecule has 1 heterocycles. The first kappa shape index (κ1) is 11.7. The maximum atomic E-state index is 10.7. The van der Waals surface area contributed by atoms with E-state index in [0.717, 1.165) is 0 Å². The van der Waals surface area contributed by atoms with Crippen molar-refractivity contribution in [1.82, 2.24) is 15.0 Å². The highest BCUT2D eigenvalue weighted by Gasteiger charge is 2.12. The topological polar surface area (TPSA) is 85.8 Å².